The van der Waals surface area contributed by atoms with Gasteiger partial charge in [0.15, 0.2) is 5.96 Å². The summed E-state index contributed by atoms with van der Waals surface area (Å²) >= 11 is 1.65. The second kappa shape index (κ2) is 12.7. The van der Waals surface area contributed by atoms with E-state index in [4.69, 9.17) is 14.7 Å². The van der Waals surface area contributed by atoms with E-state index in [1.807, 2.05) is 6.92 Å². The first-order valence-electron chi connectivity index (χ1n) is 10.6. The maximum Gasteiger partial charge on any atom is 0.194 e. The third kappa shape index (κ3) is 7.70. The standard InChI is InChI=1S/C23H37N5OS/c1-7-24-23(28(5)16-21-17-30-22(26-21)19(3)29-6)25-14-13-18(2)27(4)15-20-11-9-8-10-12-20/h8-12,17-19H,7,13-16H2,1-6H3,(H,24,25). The quantitative estimate of drug-likeness (QED) is 0.428. The van der Waals surface area contributed by atoms with Crippen LogP contribution in [-0.2, 0) is 17.8 Å². The highest BCUT2D eigenvalue weighted by atomic mass is 32.1. The second-order valence-corrected chi connectivity index (χ2v) is 8.57. The van der Waals surface area contributed by atoms with Gasteiger partial charge < -0.3 is 15.0 Å². The van der Waals surface area contributed by atoms with E-state index in [1.54, 1.807) is 18.4 Å². The Bertz CT molecular complexity index is 764. The topological polar surface area (TPSA) is 53.0 Å². The maximum absolute atomic E-state index is 5.37. The zero-order valence-corrected chi connectivity index (χ0v) is 20.1. The number of rotatable bonds is 11. The average molecular weight is 432 g/mol. The number of aromatic nitrogens is 1. The molecule has 1 aromatic carbocycles. The third-order valence-electron chi connectivity index (χ3n) is 5.20. The first-order valence-corrected chi connectivity index (χ1v) is 11.5. The molecule has 2 rings (SSSR count). The maximum atomic E-state index is 5.37. The largest absolute Gasteiger partial charge is 0.375 e. The molecule has 2 unspecified atom stereocenters. The minimum Gasteiger partial charge on any atom is -0.375 e. The Morgan fingerprint density at radius 3 is 2.60 bits per heavy atom. The number of nitrogens with zero attached hydrogens (tertiary/aromatic N) is 4. The lowest BCUT2D eigenvalue weighted by molar-refractivity contribution is 0.119. The molecule has 0 radical (unpaired) electrons. The molecule has 30 heavy (non-hydrogen) atoms. The monoisotopic (exact) mass is 431 g/mol. The van der Waals surface area contributed by atoms with E-state index < -0.39 is 0 Å². The number of aliphatic imine (C=N–C) groups is 1. The van der Waals surface area contributed by atoms with Crippen molar-refractivity contribution in [2.75, 3.05) is 34.3 Å². The number of thiazole rings is 1. The van der Waals surface area contributed by atoms with Gasteiger partial charge in [-0.25, -0.2) is 4.98 Å². The first kappa shape index (κ1) is 24.3. The molecule has 0 aliphatic heterocycles. The van der Waals surface area contributed by atoms with Crippen molar-refractivity contribution in [2.45, 2.75) is 52.4 Å². The van der Waals surface area contributed by atoms with E-state index in [0.717, 1.165) is 49.3 Å². The highest BCUT2D eigenvalue weighted by molar-refractivity contribution is 7.09. The van der Waals surface area contributed by atoms with Crippen molar-refractivity contribution >= 4 is 17.3 Å². The van der Waals surface area contributed by atoms with Crippen LogP contribution in [0.25, 0.3) is 0 Å². The Labute approximate surface area is 186 Å². The molecular formula is C23H37N5OS. The predicted octanol–water partition coefficient (Wildman–Crippen LogP) is 4.16. The van der Waals surface area contributed by atoms with Crippen molar-refractivity contribution in [3.63, 3.8) is 0 Å². The fourth-order valence-corrected chi connectivity index (χ4v) is 3.92. The predicted molar refractivity (Wildman–Crippen MR) is 127 cm³/mol. The summed E-state index contributed by atoms with van der Waals surface area (Å²) in [6.45, 7) is 9.70. The molecule has 0 aliphatic carbocycles. The molecule has 1 heterocycles. The number of hydrogen-bond acceptors (Lipinski definition) is 5. The van der Waals surface area contributed by atoms with Crippen molar-refractivity contribution in [3.8, 4) is 0 Å². The Morgan fingerprint density at radius 1 is 1.20 bits per heavy atom. The van der Waals surface area contributed by atoms with Crippen LogP contribution < -0.4 is 5.32 Å². The van der Waals surface area contributed by atoms with Gasteiger partial charge in [-0.3, -0.25) is 9.89 Å². The van der Waals surface area contributed by atoms with Crippen molar-refractivity contribution < 1.29 is 4.74 Å². The van der Waals surface area contributed by atoms with Gasteiger partial charge in [0.2, 0.25) is 0 Å². The molecule has 0 amide bonds. The van der Waals surface area contributed by atoms with E-state index in [2.05, 4.69) is 78.8 Å². The van der Waals surface area contributed by atoms with Crippen LogP contribution >= 0.6 is 11.3 Å². The number of hydrogen-bond donors (Lipinski definition) is 1. The van der Waals surface area contributed by atoms with E-state index in [-0.39, 0.29) is 6.10 Å². The van der Waals surface area contributed by atoms with Crippen molar-refractivity contribution in [3.05, 3.63) is 52.0 Å². The summed E-state index contributed by atoms with van der Waals surface area (Å²) in [5.74, 6) is 0.921. The molecule has 0 fully saturated rings. The molecule has 1 N–H and O–H groups in total. The molecule has 1 aromatic heterocycles. The van der Waals surface area contributed by atoms with Crippen molar-refractivity contribution in [2.24, 2.45) is 4.99 Å². The summed E-state index contributed by atoms with van der Waals surface area (Å²) in [6.07, 6.45) is 1.04. The molecule has 0 saturated carbocycles. The Balaban J connectivity index is 1.88. The molecule has 2 atom stereocenters. The smallest absolute Gasteiger partial charge is 0.194 e. The van der Waals surface area contributed by atoms with Crippen LogP contribution in [0, 0.1) is 0 Å². The van der Waals surface area contributed by atoms with E-state index in [9.17, 15) is 0 Å². The Hall–Kier alpha value is -1.96. The van der Waals surface area contributed by atoms with Gasteiger partial charge >= 0.3 is 0 Å². The summed E-state index contributed by atoms with van der Waals surface area (Å²) in [6, 6.07) is 11.1. The summed E-state index contributed by atoms with van der Waals surface area (Å²) in [5.41, 5.74) is 2.39. The first-order chi connectivity index (χ1) is 14.4. The Kier molecular flexibility index (Phi) is 10.3. The molecular weight excluding hydrogens is 394 g/mol. The summed E-state index contributed by atoms with van der Waals surface area (Å²) < 4.78 is 5.37. The number of nitrogens with one attached hydrogen (secondary N) is 1. The van der Waals surface area contributed by atoms with Gasteiger partial charge in [-0.05, 0) is 39.8 Å². The number of ether oxygens (including phenoxy) is 1. The highest BCUT2D eigenvalue weighted by Gasteiger charge is 2.13. The van der Waals surface area contributed by atoms with Gasteiger partial charge in [0.25, 0.3) is 0 Å². The fraction of sp³-hybridized carbons (Fsp3) is 0.565. The number of guanidine groups is 1. The molecule has 7 heteroatoms. The number of benzene rings is 1. The van der Waals surface area contributed by atoms with Crippen molar-refractivity contribution in [1.29, 1.82) is 0 Å². The zero-order valence-electron chi connectivity index (χ0n) is 19.3. The van der Waals surface area contributed by atoms with Crippen LogP contribution in [0.4, 0.5) is 0 Å². The highest BCUT2D eigenvalue weighted by Crippen LogP contribution is 2.21. The minimum atomic E-state index is 0.0327. The van der Waals surface area contributed by atoms with Gasteiger partial charge in [0.05, 0.1) is 12.2 Å². The van der Waals surface area contributed by atoms with Crippen LogP contribution in [0.1, 0.15) is 49.6 Å². The zero-order chi connectivity index (χ0) is 21.9. The molecule has 0 saturated heterocycles. The van der Waals surface area contributed by atoms with Gasteiger partial charge in [-0.2, -0.15) is 0 Å². The molecule has 166 valence electrons. The second-order valence-electron chi connectivity index (χ2n) is 7.69. The summed E-state index contributed by atoms with van der Waals surface area (Å²) in [7, 11) is 5.96. The summed E-state index contributed by atoms with van der Waals surface area (Å²) in [4.78, 5) is 14.1. The molecule has 0 aliphatic rings. The van der Waals surface area contributed by atoms with Crippen molar-refractivity contribution in [1.82, 2.24) is 20.1 Å². The van der Waals surface area contributed by atoms with Gasteiger partial charge in [0, 0.05) is 45.2 Å². The van der Waals surface area contributed by atoms with Crippen LogP contribution in [-0.4, -0.2) is 61.1 Å². The molecule has 6 nitrogen and oxygen atoms in total. The normalized spacial score (nSPS) is 14.0. The fourth-order valence-electron chi connectivity index (χ4n) is 3.08. The number of methoxy groups -OCH3 is 1. The third-order valence-corrected chi connectivity index (χ3v) is 6.26. The summed E-state index contributed by atoms with van der Waals surface area (Å²) in [5, 5.41) is 6.51. The van der Waals surface area contributed by atoms with Crippen LogP contribution in [0.5, 0.6) is 0 Å². The molecule has 2 aromatic rings. The van der Waals surface area contributed by atoms with Crippen LogP contribution in [0.15, 0.2) is 40.7 Å². The average Bonchev–Trinajstić information content (AvgIpc) is 3.21. The van der Waals surface area contributed by atoms with E-state index >= 15 is 0 Å². The van der Waals surface area contributed by atoms with E-state index in [0.29, 0.717) is 6.04 Å². The minimum absolute atomic E-state index is 0.0327. The van der Waals surface area contributed by atoms with Gasteiger partial charge in [-0.15, -0.1) is 11.3 Å². The van der Waals surface area contributed by atoms with Gasteiger partial charge in [0.1, 0.15) is 11.1 Å². The Morgan fingerprint density at radius 2 is 1.93 bits per heavy atom. The lowest BCUT2D eigenvalue weighted by Crippen LogP contribution is -2.39. The molecule has 0 spiro atoms. The molecule has 0 bridgehead atoms. The van der Waals surface area contributed by atoms with Crippen LogP contribution in [0.3, 0.4) is 0 Å². The lowest BCUT2D eigenvalue weighted by Gasteiger charge is -2.25. The lowest BCUT2D eigenvalue weighted by atomic mass is 10.1. The van der Waals surface area contributed by atoms with Gasteiger partial charge in [-0.1, -0.05) is 30.3 Å². The van der Waals surface area contributed by atoms with E-state index in [1.165, 1.54) is 5.56 Å². The van der Waals surface area contributed by atoms with Crippen LogP contribution in [0.2, 0.25) is 0 Å². The SMILES string of the molecule is CCNC(=NCCC(C)N(C)Cc1ccccc1)N(C)Cc1csc(C(C)OC)n1.